The van der Waals surface area contributed by atoms with E-state index in [0.717, 1.165) is 31.7 Å². The molecule has 0 saturated carbocycles. The van der Waals surface area contributed by atoms with Crippen LogP contribution in [-0.2, 0) is 9.47 Å². The molecule has 2 nitrogen and oxygen atoms in total. The van der Waals surface area contributed by atoms with Crippen LogP contribution in [-0.4, -0.2) is 25.9 Å². The molecule has 1 unspecified atom stereocenters. The van der Waals surface area contributed by atoms with Gasteiger partial charge in [-0.05, 0) is 24.7 Å². The van der Waals surface area contributed by atoms with E-state index in [1.54, 1.807) is 0 Å². The molecule has 1 atom stereocenters. The van der Waals surface area contributed by atoms with Gasteiger partial charge in [0.25, 0.3) is 0 Å². The van der Waals surface area contributed by atoms with Crippen LogP contribution in [0.25, 0.3) is 0 Å². The second-order valence-electron chi connectivity index (χ2n) is 5.30. The van der Waals surface area contributed by atoms with Crippen molar-refractivity contribution in [3.63, 3.8) is 0 Å². The Morgan fingerprint density at radius 3 is 2.13 bits per heavy atom. The fourth-order valence-corrected chi connectivity index (χ4v) is 0.973. The van der Waals surface area contributed by atoms with Gasteiger partial charge < -0.3 is 9.47 Å². The quantitative estimate of drug-likeness (QED) is 0.500. The largest absolute Gasteiger partial charge is 0.379 e. The highest BCUT2D eigenvalue weighted by Crippen LogP contribution is 2.09. The van der Waals surface area contributed by atoms with Gasteiger partial charge in [-0.1, -0.05) is 34.6 Å². The van der Waals surface area contributed by atoms with Gasteiger partial charge in [0.2, 0.25) is 0 Å². The summed E-state index contributed by atoms with van der Waals surface area (Å²) in [5.74, 6) is 1.63. The molecule has 0 amide bonds. The van der Waals surface area contributed by atoms with E-state index >= 15 is 0 Å². The molecule has 0 aromatic carbocycles. The molecule has 15 heavy (non-hydrogen) atoms. The molecule has 0 spiro atoms. The van der Waals surface area contributed by atoms with Crippen LogP contribution in [0, 0.1) is 11.8 Å². The van der Waals surface area contributed by atoms with Gasteiger partial charge in [0, 0.05) is 6.61 Å². The van der Waals surface area contributed by atoms with Crippen molar-refractivity contribution in [3.05, 3.63) is 0 Å². The molecule has 1 heterocycles. The van der Waals surface area contributed by atoms with Crippen molar-refractivity contribution in [2.45, 2.75) is 53.6 Å². The van der Waals surface area contributed by atoms with Gasteiger partial charge in [0.1, 0.15) is 6.10 Å². The van der Waals surface area contributed by atoms with Crippen molar-refractivity contribution in [1.29, 1.82) is 0 Å². The molecule has 0 aromatic rings. The number of hydrogen-bond acceptors (Lipinski definition) is 2. The normalized spacial score (nSPS) is 19.0. The van der Waals surface area contributed by atoms with E-state index in [1.807, 2.05) is 0 Å². The maximum Gasteiger partial charge on any atom is 0.104 e. The monoisotopic (exact) mass is 216 g/mol. The van der Waals surface area contributed by atoms with Gasteiger partial charge in [-0.2, -0.15) is 0 Å². The average Bonchev–Trinajstić information content (AvgIpc) is 2.85. The Hall–Kier alpha value is -0.0800. The molecule has 1 aliphatic rings. The second kappa shape index (κ2) is 9.17. The minimum Gasteiger partial charge on any atom is -0.379 e. The lowest BCUT2D eigenvalue weighted by Gasteiger charge is -2.04. The molecule has 1 aliphatic heterocycles. The third-order valence-corrected chi connectivity index (χ3v) is 1.78. The van der Waals surface area contributed by atoms with Crippen LogP contribution in [0.1, 0.15) is 47.5 Å². The Balaban J connectivity index is 0.000000423. The second-order valence-corrected chi connectivity index (χ2v) is 5.30. The standard InChI is InChI=1S/C9H18O2.C4H10/c1-8(2)4-3-5-10-6-9-7-11-9;1-4(2)3/h8-9H,3-7H2,1-2H3;4H,1-3H3. The zero-order valence-electron chi connectivity index (χ0n) is 11.1. The zero-order valence-corrected chi connectivity index (χ0v) is 11.1. The molecule has 1 fully saturated rings. The Labute approximate surface area is 95.3 Å². The van der Waals surface area contributed by atoms with Crippen LogP contribution in [0.3, 0.4) is 0 Å². The summed E-state index contributed by atoms with van der Waals surface area (Å²) in [5, 5.41) is 0. The van der Waals surface area contributed by atoms with E-state index in [2.05, 4.69) is 34.6 Å². The number of ether oxygens (including phenoxy) is 2. The molecule has 0 aromatic heterocycles. The van der Waals surface area contributed by atoms with E-state index in [4.69, 9.17) is 9.47 Å². The SMILES string of the molecule is CC(C)C.CC(C)CCCOCC1CO1. The van der Waals surface area contributed by atoms with E-state index in [9.17, 15) is 0 Å². The molecular weight excluding hydrogens is 188 g/mol. The first-order valence-corrected chi connectivity index (χ1v) is 6.21. The molecule has 1 rings (SSSR count). The fraction of sp³-hybridized carbons (Fsp3) is 1.00. The summed E-state index contributed by atoms with van der Waals surface area (Å²) in [4.78, 5) is 0. The predicted octanol–water partition coefficient (Wildman–Crippen LogP) is 3.50. The van der Waals surface area contributed by atoms with E-state index in [0.29, 0.717) is 6.10 Å². The van der Waals surface area contributed by atoms with Crippen molar-refractivity contribution in [2.75, 3.05) is 19.8 Å². The summed E-state index contributed by atoms with van der Waals surface area (Å²) in [7, 11) is 0. The summed E-state index contributed by atoms with van der Waals surface area (Å²) in [6, 6.07) is 0. The maximum atomic E-state index is 5.38. The van der Waals surface area contributed by atoms with Gasteiger partial charge in [0.05, 0.1) is 13.2 Å². The lowest BCUT2D eigenvalue weighted by Crippen LogP contribution is -2.03. The molecule has 0 aliphatic carbocycles. The topological polar surface area (TPSA) is 21.8 Å². The van der Waals surface area contributed by atoms with Gasteiger partial charge in [-0.3, -0.25) is 0 Å². The van der Waals surface area contributed by atoms with E-state index < -0.39 is 0 Å². The van der Waals surface area contributed by atoms with Gasteiger partial charge in [0.15, 0.2) is 0 Å². The van der Waals surface area contributed by atoms with Crippen molar-refractivity contribution >= 4 is 0 Å². The van der Waals surface area contributed by atoms with Crippen LogP contribution in [0.4, 0.5) is 0 Å². The smallest absolute Gasteiger partial charge is 0.104 e. The fourth-order valence-electron chi connectivity index (χ4n) is 0.973. The molecule has 0 N–H and O–H groups in total. The number of rotatable bonds is 6. The van der Waals surface area contributed by atoms with Crippen molar-refractivity contribution in [3.8, 4) is 0 Å². The van der Waals surface area contributed by atoms with Crippen LogP contribution in [0.2, 0.25) is 0 Å². The Kier molecular flexibility index (Phi) is 9.12. The summed E-state index contributed by atoms with van der Waals surface area (Å²) in [6.45, 7) is 13.6. The molecular formula is C13H28O2. The summed E-state index contributed by atoms with van der Waals surface area (Å²) >= 11 is 0. The number of epoxide rings is 1. The van der Waals surface area contributed by atoms with E-state index in [-0.39, 0.29) is 0 Å². The first-order chi connectivity index (χ1) is 7.02. The average molecular weight is 216 g/mol. The first-order valence-electron chi connectivity index (χ1n) is 6.21. The lowest BCUT2D eigenvalue weighted by atomic mass is 10.1. The van der Waals surface area contributed by atoms with Gasteiger partial charge in [-0.15, -0.1) is 0 Å². The highest BCUT2D eigenvalue weighted by molar-refractivity contribution is 4.66. The summed E-state index contributed by atoms with van der Waals surface area (Å²) < 4.78 is 10.4. The lowest BCUT2D eigenvalue weighted by molar-refractivity contribution is 0.111. The van der Waals surface area contributed by atoms with E-state index in [1.165, 1.54) is 12.8 Å². The highest BCUT2D eigenvalue weighted by atomic mass is 16.6. The zero-order chi connectivity index (χ0) is 11.7. The Morgan fingerprint density at radius 1 is 1.20 bits per heavy atom. The van der Waals surface area contributed by atoms with Gasteiger partial charge >= 0.3 is 0 Å². The minimum atomic E-state index is 0.425. The van der Waals surface area contributed by atoms with Crippen molar-refractivity contribution in [2.24, 2.45) is 11.8 Å². The third kappa shape index (κ3) is 16.6. The summed E-state index contributed by atoms with van der Waals surface area (Å²) in [6.07, 6.45) is 2.88. The van der Waals surface area contributed by atoms with Crippen LogP contribution in [0.5, 0.6) is 0 Å². The van der Waals surface area contributed by atoms with Gasteiger partial charge in [-0.25, -0.2) is 0 Å². The molecule has 0 radical (unpaired) electrons. The van der Waals surface area contributed by atoms with Crippen molar-refractivity contribution in [1.82, 2.24) is 0 Å². The van der Waals surface area contributed by atoms with Crippen LogP contribution >= 0.6 is 0 Å². The molecule has 92 valence electrons. The molecule has 2 heteroatoms. The highest BCUT2D eigenvalue weighted by Gasteiger charge is 2.21. The first kappa shape index (κ1) is 14.9. The van der Waals surface area contributed by atoms with Crippen LogP contribution < -0.4 is 0 Å². The Bertz CT molecular complexity index is 122. The van der Waals surface area contributed by atoms with Crippen molar-refractivity contribution < 1.29 is 9.47 Å². The maximum absolute atomic E-state index is 5.38. The molecule has 1 saturated heterocycles. The predicted molar refractivity (Wildman–Crippen MR) is 65.1 cm³/mol. The minimum absolute atomic E-state index is 0.425. The van der Waals surface area contributed by atoms with Crippen LogP contribution in [0.15, 0.2) is 0 Å². The summed E-state index contributed by atoms with van der Waals surface area (Å²) in [5.41, 5.74) is 0. The molecule has 0 bridgehead atoms. The number of hydrogen-bond donors (Lipinski definition) is 0. The Morgan fingerprint density at radius 2 is 1.73 bits per heavy atom. The third-order valence-electron chi connectivity index (χ3n) is 1.78.